The summed E-state index contributed by atoms with van der Waals surface area (Å²) in [5, 5.41) is 0. The zero-order valence-electron chi connectivity index (χ0n) is 38.5. The van der Waals surface area contributed by atoms with Crippen LogP contribution in [0.25, 0.3) is 0 Å². The summed E-state index contributed by atoms with van der Waals surface area (Å²) in [4.78, 5) is 37.7. The van der Waals surface area contributed by atoms with Gasteiger partial charge in [0.2, 0.25) is 0 Å². The van der Waals surface area contributed by atoms with E-state index in [2.05, 4.69) is 39.0 Å². The zero-order valence-corrected chi connectivity index (χ0v) is 38.5. The fourth-order valence-corrected chi connectivity index (χ4v) is 6.64. The van der Waals surface area contributed by atoms with Crippen LogP contribution in [0.4, 0.5) is 0 Å². The highest BCUT2D eigenvalue weighted by atomic mass is 16.6. The zero-order chi connectivity index (χ0) is 43.0. The fourth-order valence-electron chi connectivity index (χ4n) is 6.64. The van der Waals surface area contributed by atoms with Crippen molar-refractivity contribution in [2.75, 3.05) is 13.2 Å². The third-order valence-corrected chi connectivity index (χ3v) is 10.3. The van der Waals surface area contributed by atoms with Gasteiger partial charge in [-0.05, 0) is 57.8 Å². The van der Waals surface area contributed by atoms with Crippen molar-refractivity contribution < 1.29 is 28.6 Å². The second-order valence-electron chi connectivity index (χ2n) is 16.1. The Hall–Kier alpha value is -3.15. The maximum atomic E-state index is 12.7. The summed E-state index contributed by atoms with van der Waals surface area (Å²) in [5.41, 5.74) is 0. The maximum absolute atomic E-state index is 12.7. The highest BCUT2D eigenvalue weighted by Gasteiger charge is 2.19. The lowest BCUT2D eigenvalue weighted by molar-refractivity contribution is -0.167. The molecule has 6 nitrogen and oxygen atoms in total. The summed E-state index contributed by atoms with van der Waals surface area (Å²) in [6.45, 7) is 6.40. The molecular formula is C53H90O6. The number of carbonyl (C=O) groups excluding carboxylic acids is 3. The van der Waals surface area contributed by atoms with Gasteiger partial charge in [-0.25, -0.2) is 0 Å². The Kier molecular flexibility index (Phi) is 45.0. The number of hydrogen-bond donors (Lipinski definition) is 0. The number of rotatable bonds is 43. The number of carbonyl (C=O) groups is 3. The van der Waals surface area contributed by atoms with E-state index in [1.54, 1.807) is 0 Å². The Morgan fingerprint density at radius 1 is 0.356 bits per heavy atom. The van der Waals surface area contributed by atoms with Crippen LogP contribution in [-0.4, -0.2) is 37.2 Å². The van der Waals surface area contributed by atoms with Crippen LogP contribution in [0.2, 0.25) is 0 Å². The van der Waals surface area contributed by atoms with Gasteiger partial charge in [-0.15, -0.1) is 0 Å². The van der Waals surface area contributed by atoms with Gasteiger partial charge in [-0.1, -0.05) is 222 Å². The Morgan fingerprint density at radius 2 is 0.695 bits per heavy atom. The monoisotopic (exact) mass is 823 g/mol. The van der Waals surface area contributed by atoms with Crippen molar-refractivity contribution in [3.8, 4) is 0 Å². The van der Waals surface area contributed by atoms with Gasteiger partial charge >= 0.3 is 17.9 Å². The molecule has 0 aromatic carbocycles. The molecule has 1 atom stereocenters. The van der Waals surface area contributed by atoms with Crippen molar-refractivity contribution in [1.82, 2.24) is 0 Å². The van der Waals surface area contributed by atoms with Gasteiger partial charge in [-0.2, -0.15) is 0 Å². The summed E-state index contributed by atoms with van der Waals surface area (Å²) in [6.07, 6.45) is 59.0. The van der Waals surface area contributed by atoms with E-state index in [1.165, 1.54) is 128 Å². The fraction of sp³-hybridized carbons (Fsp3) is 0.717. The molecule has 0 amide bonds. The Bertz CT molecular complexity index is 1130. The molecule has 0 fully saturated rings. The van der Waals surface area contributed by atoms with Gasteiger partial charge in [0.05, 0.1) is 0 Å². The van der Waals surface area contributed by atoms with Gasteiger partial charge in [0.15, 0.2) is 6.10 Å². The second-order valence-corrected chi connectivity index (χ2v) is 16.1. The molecule has 0 saturated heterocycles. The van der Waals surface area contributed by atoms with Gasteiger partial charge in [0.25, 0.3) is 0 Å². The van der Waals surface area contributed by atoms with Crippen molar-refractivity contribution in [2.45, 2.75) is 232 Å². The van der Waals surface area contributed by atoms with Gasteiger partial charge in [0, 0.05) is 19.3 Å². The van der Waals surface area contributed by atoms with Gasteiger partial charge in [0.1, 0.15) is 13.2 Å². The van der Waals surface area contributed by atoms with Crippen molar-refractivity contribution in [2.24, 2.45) is 0 Å². The summed E-state index contributed by atoms with van der Waals surface area (Å²) in [7, 11) is 0. The number of allylic oxidation sites excluding steroid dienone is 12. The third-order valence-electron chi connectivity index (χ3n) is 10.3. The summed E-state index contributed by atoms with van der Waals surface area (Å²) in [6, 6.07) is 0. The van der Waals surface area contributed by atoms with Crippen LogP contribution in [0.3, 0.4) is 0 Å². The molecule has 0 aliphatic heterocycles. The molecule has 6 heteroatoms. The number of hydrogen-bond acceptors (Lipinski definition) is 6. The van der Waals surface area contributed by atoms with Crippen LogP contribution in [0.1, 0.15) is 226 Å². The lowest BCUT2D eigenvalue weighted by Crippen LogP contribution is -2.30. The van der Waals surface area contributed by atoms with Crippen LogP contribution < -0.4 is 0 Å². The van der Waals surface area contributed by atoms with Gasteiger partial charge < -0.3 is 14.2 Å². The molecule has 0 aliphatic rings. The van der Waals surface area contributed by atoms with Crippen molar-refractivity contribution in [3.63, 3.8) is 0 Å². The SMILES string of the molecule is CC\C=C/C=C\C=C/C=C\C=C/CCCC(=O)OC(COC(=O)CCCCCCCCC/C=C\CCCCCCCCCC)COC(=O)CCCCCCCCCCC. The molecule has 0 aromatic heterocycles. The van der Waals surface area contributed by atoms with Crippen LogP contribution in [0.5, 0.6) is 0 Å². The van der Waals surface area contributed by atoms with E-state index >= 15 is 0 Å². The number of ether oxygens (including phenoxy) is 3. The standard InChI is InChI=1S/C53H90O6/c1-4-7-10-13-16-19-21-23-24-25-26-27-28-30-31-34-37-40-43-46-52(55)58-49-50(48-57-51(54)45-42-39-36-33-18-15-12-9-6-3)59-53(56)47-44-41-38-35-32-29-22-20-17-14-11-8-5-2/h8,11,14,17,20,22,25-26,29,32,35,38,50H,4-7,9-10,12-13,15-16,18-19,21,23-24,27-28,30-31,33-34,36-37,39-49H2,1-3H3/b11-8-,17-14-,22-20-,26-25-,32-29-,38-35-. The summed E-state index contributed by atoms with van der Waals surface area (Å²) < 4.78 is 16.6. The molecule has 0 aliphatic carbocycles. The molecule has 0 heterocycles. The van der Waals surface area contributed by atoms with E-state index in [0.29, 0.717) is 19.3 Å². The average molecular weight is 823 g/mol. The van der Waals surface area contributed by atoms with E-state index in [1.807, 2.05) is 54.7 Å². The van der Waals surface area contributed by atoms with Crippen LogP contribution in [0, 0.1) is 0 Å². The molecular weight excluding hydrogens is 733 g/mol. The maximum Gasteiger partial charge on any atom is 0.306 e. The Balaban J connectivity index is 4.39. The van der Waals surface area contributed by atoms with Crippen molar-refractivity contribution in [3.05, 3.63) is 72.9 Å². The first-order valence-electron chi connectivity index (χ1n) is 24.5. The first-order chi connectivity index (χ1) is 29.0. The first-order valence-corrected chi connectivity index (χ1v) is 24.5. The van der Waals surface area contributed by atoms with Crippen molar-refractivity contribution >= 4 is 17.9 Å². The minimum absolute atomic E-state index is 0.105. The molecule has 0 bridgehead atoms. The second kappa shape index (κ2) is 47.5. The summed E-state index contributed by atoms with van der Waals surface area (Å²) in [5.74, 6) is -0.988. The minimum atomic E-state index is -0.810. The summed E-state index contributed by atoms with van der Waals surface area (Å²) >= 11 is 0. The highest BCUT2D eigenvalue weighted by molar-refractivity contribution is 5.71. The number of esters is 3. The highest BCUT2D eigenvalue weighted by Crippen LogP contribution is 2.14. The predicted octanol–water partition coefficient (Wildman–Crippen LogP) is 15.9. The predicted molar refractivity (Wildman–Crippen MR) is 251 cm³/mol. The topological polar surface area (TPSA) is 78.9 Å². The van der Waals surface area contributed by atoms with E-state index < -0.39 is 6.10 Å². The first kappa shape index (κ1) is 55.9. The van der Waals surface area contributed by atoms with E-state index in [4.69, 9.17) is 14.2 Å². The molecule has 0 aromatic rings. The van der Waals surface area contributed by atoms with Crippen LogP contribution in [0.15, 0.2) is 72.9 Å². The molecule has 59 heavy (non-hydrogen) atoms. The van der Waals surface area contributed by atoms with Crippen molar-refractivity contribution in [1.29, 1.82) is 0 Å². The quantitative estimate of drug-likeness (QED) is 0.0200. The number of unbranched alkanes of at least 4 members (excludes halogenated alkanes) is 24. The third kappa shape index (κ3) is 45.8. The average Bonchev–Trinajstić information content (AvgIpc) is 3.23. The molecule has 1 unspecified atom stereocenters. The van der Waals surface area contributed by atoms with Crippen LogP contribution in [-0.2, 0) is 28.6 Å². The normalized spacial score (nSPS) is 12.7. The molecule has 0 N–H and O–H groups in total. The van der Waals surface area contributed by atoms with E-state index in [0.717, 1.165) is 51.4 Å². The molecule has 338 valence electrons. The lowest BCUT2D eigenvalue weighted by Gasteiger charge is -2.18. The smallest absolute Gasteiger partial charge is 0.306 e. The molecule has 0 radical (unpaired) electrons. The molecule has 0 rings (SSSR count). The molecule has 0 saturated carbocycles. The lowest BCUT2D eigenvalue weighted by atomic mass is 10.1. The minimum Gasteiger partial charge on any atom is -0.462 e. The Morgan fingerprint density at radius 3 is 1.12 bits per heavy atom. The van der Waals surface area contributed by atoms with Gasteiger partial charge in [-0.3, -0.25) is 14.4 Å². The molecule has 0 spiro atoms. The largest absolute Gasteiger partial charge is 0.462 e. The van der Waals surface area contributed by atoms with E-state index in [9.17, 15) is 14.4 Å². The Labute approximate surface area is 363 Å². The van der Waals surface area contributed by atoms with E-state index in [-0.39, 0.29) is 37.5 Å². The van der Waals surface area contributed by atoms with Crippen LogP contribution >= 0.6 is 0 Å².